The fraction of sp³-hybridized carbons (Fsp3) is 0.545. The van der Waals surface area contributed by atoms with E-state index < -0.39 is 0 Å². The third-order valence-corrected chi connectivity index (χ3v) is 5.98. The van der Waals surface area contributed by atoms with Crippen LogP contribution in [0.15, 0.2) is 33.8 Å². The first kappa shape index (κ1) is 21.7. The molecule has 3 rings (SSSR count). The first-order valence-corrected chi connectivity index (χ1v) is 10.7. The Balaban J connectivity index is 1.69. The summed E-state index contributed by atoms with van der Waals surface area (Å²) in [5.74, 6) is 1.70. The van der Waals surface area contributed by atoms with E-state index in [-0.39, 0.29) is 5.41 Å². The van der Waals surface area contributed by atoms with E-state index in [1.807, 2.05) is 12.1 Å². The lowest BCUT2D eigenvalue weighted by Crippen LogP contribution is -2.48. The highest BCUT2D eigenvalue weighted by Gasteiger charge is 2.34. The molecule has 1 aliphatic rings. The summed E-state index contributed by atoms with van der Waals surface area (Å²) in [5.41, 5.74) is 3.36. The van der Waals surface area contributed by atoms with Crippen LogP contribution in [0.3, 0.4) is 0 Å². The van der Waals surface area contributed by atoms with Gasteiger partial charge in [0.05, 0.1) is 5.69 Å². The number of guanidine groups is 1. The van der Waals surface area contributed by atoms with Crippen LogP contribution in [0.4, 0.5) is 0 Å². The van der Waals surface area contributed by atoms with Crippen LogP contribution in [0.2, 0.25) is 5.02 Å². The quantitative estimate of drug-likeness (QED) is 0.527. The number of aryl methyl sites for hydroxylation is 2. The molecule has 0 radical (unpaired) electrons. The van der Waals surface area contributed by atoms with Crippen molar-refractivity contribution in [2.45, 2.75) is 51.5 Å². The molecule has 0 aliphatic carbocycles. The molecule has 0 spiro atoms. The zero-order valence-corrected chi connectivity index (χ0v) is 18.3. The summed E-state index contributed by atoms with van der Waals surface area (Å²) in [4.78, 5) is 4.41. The van der Waals surface area contributed by atoms with E-state index >= 15 is 0 Å². The van der Waals surface area contributed by atoms with Crippen molar-refractivity contribution >= 4 is 17.6 Å². The third-order valence-electron chi connectivity index (χ3n) is 5.74. The molecule has 2 N–H and O–H groups in total. The van der Waals surface area contributed by atoms with Gasteiger partial charge in [-0.2, -0.15) is 0 Å². The Hall–Kier alpha value is -2.05. The lowest BCUT2D eigenvalue weighted by Gasteiger charge is -2.38. The number of rotatable bonds is 7. The number of aliphatic imine (C=N–C) groups is 1. The van der Waals surface area contributed by atoms with Gasteiger partial charge in [0, 0.05) is 55.8 Å². The molecule has 29 heavy (non-hydrogen) atoms. The van der Waals surface area contributed by atoms with E-state index in [0.29, 0.717) is 6.54 Å². The van der Waals surface area contributed by atoms with Crippen LogP contribution in [0.1, 0.15) is 49.3 Å². The Morgan fingerprint density at radius 1 is 1.21 bits per heavy atom. The fourth-order valence-corrected chi connectivity index (χ4v) is 4.12. The van der Waals surface area contributed by atoms with E-state index in [0.717, 1.165) is 73.4 Å². The molecular formula is C22H31ClN4O2. The maximum atomic E-state index is 6.28. The average molecular weight is 419 g/mol. The van der Waals surface area contributed by atoms with E-state index in [1.54, 1.807) is 7.05 Å². The topological polar surface area (TPSA) is 71.7 Å². The van der Waals surface area contributed by atoms with Crippen molar-refractivity contribution in [2.24, 2.45) is 4.99 Å². The van der Waals surface area contributed by atoms with Crippen molar-refractivity contribution in [2.75, 3.05) is 26.8 Å². The number of nitrogens with one attached hydrogen (secondary N) is 2. The lowest BCUT2D eigenvalue weighted by molar-refractivity contribution is 0.0514. The maximum Gasteiger partial charge on any atom is 0.191 e. The predicted molar refractivity (Wildman–Crippen MR) is 117 cm³/mol. The van der Waals surface area contributed by atoms with Crippen LogP contribution in [0, 0.1) is 0 Å². The number of aromatic nitrogens is 1. The number of halogens is 1. The number of benzene rings is 1. The number of hydrogen-bond acceptors (Lipinski definition) is 4. The lowest BCUT2D eigenvalue weighted by atomic mass is 9.74. The molecule has 0 bridgehead atoms. The van der Waals surface area contributed by atoms with Gasteiger partial charge >= 0.3 is 0 Å². The second-order valence-corrected chi connectivity index (χ2v) is 7.86. The Morgan fingerprint density at radius 3 is 2.66 bits per heavy atom. The van der Waals surface area contributed by atoms with Crippen molar-refractivity contribution in [1.82, 2.24) is 15.8 Å². The molecule has 0 amide bonds. The van der Waals surface area contributed by atoms with Crippen molar-refractivity contribution in [3.63, 3.8) is 0 Å². The van der Waals surface area contributed by atoms with Gasteiger partial charge in [-0.25, -0.2) is 0 Å². The molecule has 6 nitrogen and oxygen atoms in total. The number of hydrogen-bond donors (Lipinski definition) is 2. The SMILES string of the molecule is CCc1noc(CC)c1CNC(=NC)NCC1(c2cccc(Cl)c2)CCOCC1. The molecular weight excluding hydrogens is 388 g/mol. The van der Waals surface area contributed by atoms with Gasteiger partial charge in [0.2, 0.25) is 0 Å². The monoisotopic (exact) mass is 418 g/mol. The Labute approximate surface area is 178 Å². The molecule has 2 heterocycles. The summed E-state index contributed by atoms with van der Waals surface area (Å²) in [7, 11) is 1.79. The van der Waals surface area contributed by atoms with E-state index in [4.69, 9.17) is 20.9 Å². The van der Waals surface area contributed by atoms with E-state index in [1.165, 1.54) is 5.56 Å². The van der Waals surface area contributed by atoms with Gasteiger partial charge < -0.3 is 19.9 Å². The number of ether oxygens (including phenoxy) is 1. The van der Waals surface area contributed by atoms with Crippen molar-refractivity contribution in [1.29, 1.82) is 0 Å². The van der Waals surface area contributed by atoms with Gasteiger partial charge in [-0.05, 0) is 37.0 Å². The standard InChI is InChI=1S/C22H31ClN4O2/c1-4-19-18(20(5-2)29-27-19)14-25-21(24-3)26-15-22(9-11-28-12-10-22)16-7-6-8-17(23)13-16/h6-8,13H,4-5,9-12,14-15H2,1-3H3,(H2,24,25,26). The number of nitrogens with zero attached hydrogens (tertiary/aromatic N) is 2. The average Bonchev–Trinajstić information content (AvgIpc) is 3.16. The normalized spacial score (nSPS) is 16.6. The summed E-state index contributed by atoms with van der Waals surface area (Å²) in [6.45, 7) is 7.08. The maximum absolute atomic E-state index is 6.28. The smallest absolute Gasteiger partial charge is 0.191 e. The highest BCUT2D eigenvalue weighted by atomic mass is 35.5. The van der Waals surface area contributed by atoms with E-state index in [2.05, 4.69) is 46.8 Å². The summed E-state index contributed by atoms with van der Waals surface area (Å²) in [6, 6.07) is 8.17. The molecule has 1 aromatic carbocycles. The van der Waals surface area contributed by atoms with Gasteiger partial charge in [0.15, 0.2) is 5.96 Å². The summed E-state index contributed by atoms with van der Waals surface area (Å²) >= 11 is 6.28. The second-order valence-electron chi connectivity index (χ2n) is 7.42. The molecule has 158 valence electrons. The molecule has 0 atom stereocenters. The van der Waals surface area contributed by atoms with Gasteiger partial charge in [-0.15, -0.1) is 0 Å². The molecule has 7 heteroatoms. The molecule has 0 unspecified atom stereocenters. The van der Waals surface area contributed by atoms with Crippen LogP contribution in [-0.2, 0) is 29.5 Å². The summed E-state index contributed by atoms with van der Waals surface area (Å²) in [5, 5.41) is 11.9. The van der Waals surface area contributed by atoms with Gasteiger partial charge in [-0.1, -0.05) is 42.7 Å². The first-order chi connectivity index (χ1) is 14.1. The molecule has 2 aromatic rings. The molecule has 0 saturated carbocycles. The third kappa shape index (κ3) is 5.11. The summed E-state index contributed by atoms with van der Waals surface area (Å²) in [6.07, 6.45) is 3.57. The molecule has 1 fully saturated rings. The van der Waals surface area contributed by atoms with Gasteiger partial charge in [0.25, 0.3) is 0 Å². The highest BCUT2D eigenvalue weighted by Crippen LogP contribution is 2.35. The fourth-order valence-electron chi connectivity index (χ4n) is 3.93. The van der Waals surface area contributed by atoms with Crippen LogP contribution in [0.5, 0.6) is 0 Å². The van der Waals surface area contributed by atoms with Crippen molar-refractivity contribution < 1.29 is 9.26 Å². The predicted octanol–water partition coefficient (Wildman–Crippen LogP) is 3.87. The zero-order chi connectivity index (χ0) is 20.7. The Bertz CT molecular complexity index is 806. The second kappa shape index (κ2) is 10.1. The molecule has 1 aliphatic heterocycles. The minimum absolute atomic E-state index is 0.0267. The highest BCUT2D eigenvalue weighted by molar-refractivity contribution is 6.30. The van der Waals surface area contributed by atoms with Crippen LogP contribution in [0.25, 0.3) is 0 Å². The van der Waals surface area contributed by atoms with Gasteiger partial charge in [0.1, 0.15) is 5.76 Å². The Morgan fingerprint density at radius 2 is 2.00 bits per heavy atom. The molecule has 1 aromatic heterocycles. The minimum atomic E-state index is -0.0267. The van der Waals surface area contributed by atoms with Crippen molar-refractivity contribution in [3.05, 3.63) is 51.9 Å². The Kier molecular flexibility index (Phi) is 7.56. The van der Waals surface area contributed by atoms with E-state index in [9.17, 15) is 0 Å². The minimum Gasteiger partial charge on any atom is -0.381 e. The molecule has 1 saturated heterocycles. The zero-order valence-electron chi connectivity index (χ0n) is 17.6. The van der Waals surface area contributed by atoms with Crippen molar-refractivity contribution in [3.8, 4) is 0 Å². The van der Waals surface area contributed by atoms with Crippen LogP contribution >= 0.6 is 11.6 Å². The van der Waals surface area contributed by atoms with Gasteiger partial charge in [-0.3, -0.25) is 4.99 Å². The largest absolute Gasteiger partial charge is 0.381 e. The summed E-state index contributed by atoms with van der Waals surface area (Å²) < 4.78 is 11.1. The van der Waals surface area contributed by atoms with Crippen LogP contribution in [-0.4, -0.2) is 37.9 Å². The van der Waals surface area contributed by atoms with Crippen LogP contribution < -0.4 is 10.6 Å². The first-order valence-electron chi connectivity index (χ1n) is 10.4.